The molecule has 1 fully saturated rings. The number of nitrogen functional groups attached to an aromatic ring is 1. The van der Waals surface area contributed by atoms with E-state index in [1.165, 1.54) is 6.33 Å². The topological polar surface area (TPSA) is 108 Å². The van der Waals surface area contributed by atoms with Gasteiger partial charge in [0.15, 0.2) is 6.23 Å². The van der Waals surface area contributed by atoms with Crippen molar-refractivity contribution in [1.82, 2.24) is 19.5 Å². The molecule has 29 heavy (non-hydrogen) atoms. The number of aliphatic hydroxyl groups excluding tert-OH is 1. The quantitative estimate of drug-likeness (QED) is 0.497. The molecule has 1 aliphatic rings. The monoisotopic (exact) mass is 411 g/mol. The van der Waals surface area contributed by atoms with Crippen molar-refractivity contribution in [2.75, 3.05) is 12.3 Å². The van der Waals surface area contributed by atoms with Gasteiger partial charge in [-0.2, -0.15) is 0 Å². The van der Waals surface area contributed by atoms with Crippen LogP contribution < -0.4 is 10.5 Å². The van der Waals surface area contributed by atoms with Gasteiger partial charge in [-0.15, -0.1) is 0 Å². The van der Waals surface area contributed by atoms with E-state index in [9.17, 15) is 5.11 Å². The zero-order valence-electron chi connectivity index (χ0n) is 15.3. The Morgan fingerprint density at radius 1 is 1.24 bits per heavy atom. The molecule has 3 N–H and O–H groups in total. The Balaban J connectivity index is 1.30. The third-order valence-electron chi connectivity index (χ3n) is 5.02. The fourth-order valence-electron chi connectivity index (χ4n) is 3.62. The van der Waals surface area contributed by atoms with E-state index in [1.54, 1.807) is 16.8 Å². The highest BCUT2D eigenvalue weighted by atomic mass is 35.5. The number of aromatic nitrogens is 4. The van der Waals surface area contributed by atoms with Crippen molar-refractivity contribution in [1.29, 1.82) is 0 Å². The van der Waals surface area contributed by atoms with E-state index in [-0.39, 0.29) is 6.10 Å². The Bertz CT molecular complexity index is 1200. The van der Waals surface area contributed by atoms with Gasteiger partial charge in [-0.3, -0.25) is 0 Å². The molecule has 0 bridgehead atoms. The van der Waals surface area contributed by atoms with E-state index in [0.717, 1.165) is 10.9 Å². The Labute approximate surface area is 170 Å². The largest absolute Gasteiger partial charge is 0.491 e. The maximum atomic E-state index is 10.5. The molecule has 0 saturated carbocycles. The summed E-state index contributed by atoms with van der Waals surface area (Å²) < 4.78 is 13.7. The molecule has 4 heterocycles. The summed E-state index contributed by atoms with van der Waals surface area (Å²) >= 11 is 6.11. The minimum atomic E-state index is -0.689. The fourth-order valence-corrected chi connectivity index (χ4v) is 3.82. The number of halogens is 1. The molecule has 1 aromatic carbocycles. The summed E-state index contributed by atoms with van der Waals surface area (Å²) in [5.74, 6) is 1.13. The summed E-state index contributed by atoms with van der Waals surface area (Å²) in [6.45, 7) is 0.302. The van der Waals surface area contributed by atoms with Crippen molar-refractivity contribution in [3.05, 3.63) is 54.1 Å². The molecular weight excluding hydrogens is 394 g/mol. The SMILES string of the molecule is Nc1ccc2ccc(OC[C@@H]3C[C@@H](O)[C@H](n4ccc5c(Cl)ncnc54)O3)cc2n1. The van der Waals surface area contributed by atoms with Crippen LogP contribution >= 0.6 is 11.6 Å². The van der Waals surface area contributed by atoms with Gasteiger partial charge < -0.3 is 24.9 Å². The summed E-state index contributed by atoms with van der Waals surface area (Å²) in [6.07, 6.45) is 2.11. The molecular formula is C20H18ClN5O3. The number of anilines is 1. The third-order valence-corrected chi connectivity index (χ3v) is 5.32. The van der Waals surface area contributed by atoms with Crippen LogP contribution in [0.5, 0.6) is 5.75 Å². The van der Waals surface area contributed by atoms with Crippen LogP contribution in [0.2, 0.25) is 5.15 Å². The second kappa shape index (κ2) is 7.14. The molecule has 8 nitrogen and oxygen atoms in total. The minimum absolute atomic E-state index is 0.269. The molecule has 0 aliphatic carbocycles. The number of nitrogens with two attached hydrogens (primary N) is 1. The van der Waals surface area contributed by atoms with Crippen molar-refractivity contribution in [2.45, 2.75) is 24.9 Å². The van der Waals surface area contributed by atoms with Gasteiger partial charge in [0.2, 0.25) is 0 Å². The van der Waals surface area contributed by atoms with Gasteiger partial charge in [-0.25, -0.2) is 15.0 Å². The van der Waals surface area contributed by atoms with Crippen molar-refractivity contribution in [3.63, 3.8) is 0 Å². The molecule has 3 atom stereocenters. The Morgan fingerprint density at radius 2 is 2.10 bits per heavy atom. The lowest BCUT2D eigenvalue weighted by molar-refractivity contribution is -0.0454. The zero-order chi connectivity index (χ0) is 20.0. The van der Waals surface area contributed by atoms with Crippen LogP contribution in [0.3, 0.4) is 0 Å². The van der Waals surface area contributed by atoms with Crippen LogP contribution in [0.15, 0.2) is 48.9 Å². The van der Waals surface area contributed by atoms with Gasteiger partial charge in [0.05, 0.1) is 17.0 Å². The molecule has 0 spiro atoms. The fraction of sp³-hybridized carbons (Fsp3) is 0.250. The molecule has 148 valence electrons. The maximum absolute atomic E-state index is 10.5. The van der Waals surface area contributed by atoms with Crippen LogP contribution in [0.1, 0.15) is 12.6 Å². The first-order chi connectivity index (χ1) is 14.1. The summed E-state index contributed by atoms with van der Waals surface area (Å²) in [7, 11) is 0. The van der Waals surface area contributed by atoms with Crippen LogP contribution in [-0.4, -0.2) is 43.4 Å². The standard InChI is InChI=1S/C20H18ClN5O3/c21-18-14-5-6-26(19(14)24-10-23-18)20-16(27)8-13(29-20)9-28-12-3-1-11-2-4-17(22)25-15(11)7-12/h1-7,10,13,16,20,27H,8-9H2,(H2,22,25)/t13-,16+,20+/m0/s1. The van der Waals surface area contributed by atoms with Gasteiger partial charge in [0.25, 0.3) is 0 Å². The van der Waals surface area contributed by atoms with Crippen LogP contribution in [0, 0.1) is 0 Å². The second-order valence-electron chi connectivity index (χ2n) is 6.98. The van der Waals surface area contributed by atoms with E-state index >= 15 is 0 Å². The minimum Gasteiger partial charge on any atom is -0.491 e. The number of hydrogen-bond acceptors (Lipinski definition) is 7. The van der Waals surface area contributed by atoms with Gasteiger partial charge in [0.1, 0.15) is 41.4 Å². The van der Waals surface area contributed by atoms with E-state index in [1.807, 2.05) is 30.3 Å². The number of nitrogens with zero attached hydrogens (tertiary/aromatic N) is 4. The van der Waals surface area contributed by atoms with Gasteiger partial charge >= 0.3 is 0 Å². The first kappa shape index (κ1) is 18.1. The summed E-state index contributed by atoms with van der Waals surface area (Å²) in [6, 6.07) is 11.1. The average molecular weight is 412 g/mol. The van der Waals surface area contributed by atoms with E-state index in [4.69, 9.17) is 26.8 Å². The Morgan fingerprint density at radius 3 is 3.00 bits per heavy atom. The lowest BCUT2D eigenvalue weighted by Crippen LogP contribution is -2.19. The van der Waals surface area contributed by atoms with Crippen molar-refractivity contribution in [2.24, 2.45) is 0 Å². The van der Waals surface area contributed by atoms with E-state index < -0.39 is 12.3 Å². The first-order valence-electron chi connectivity index (χ1n) is 9.18. The molecule has 4 aromatic rings. The summed E-state index contributed by atoms with van der Waals surface area (Å²) in [4.78, 5) is 12.5. The van der Waals surface area contributed by atoms with Gasteiger partial charge in [0, 0.05) is 24.1 Å². The van der Waals surface area contributed by atoms with E-state index in [0.29, 0.717) is 40.8 Å². The predicted octanol–water partition coefficient (Wildman–Crippen LogP) is 2.94. The van der Waals surface area contributed by atoms with Crippen LogP contribution in [0.25, 0.3) is 21.9 Å². The molecule has 0 amide bonds. The molecule has 5 rings (SSSR count). The maximum Gasteiger partial charge on any atom is 0.161 e. The normalized spacial score (nSPS) is 21.8. The lowest BCUT2D eigenvalue weighted by Gasteiger charge is -2.18. The molecule has 1 aliphatic heterocycles. The molecule has 0 radical (unpaired) electrons. The predicted molar refractivity (Wildman–Crippen MR) is 109 cm³/mol. The van der Waals surface area contributed by atoms with Gasteiger partial charge in [-0.05, 0) is 30.3 Å². The number of hydrogen-bond donors (Lipinski definition) is 2. The number of fused-ring (bicyclic) bond motifs is 2. The second-order valence-corrected chi connectivity index (χ2v) is 7.34. The lowest BCUT2D eigenvalue weighted by atomic mass is 10.2. The number of benzene rings is 1. The van der Waals surface area contributed by atoms with Crippen LogP contribution in [0.4, 0.5) is 5.82 Å². The summed E-state index contributed by atoms with van der Waals surface area (Å²) in [5.41, 5.74) is 7.14. The zero-order valence-corrected chi connectivity index (χ0v) is 16.0. The highest BCUT2D eigenvalue weighted by Gasteiger charge is 2.36. The Hall–Kier alpha value is -2.94. The van der Waals surface area contributed by atoms with Crippen molar-refractivity contribution < 1.29 is 14.6 Å². The van der Waals surface area contributed by atoms with E-state index in [2.05, 4.69) is 15.0 Å². The Kier molecular flexibility index (Phi) is 4.46. The average Bonchev–Trinajstić information content (AvgIpc) is 3.30. The third kappa shape index (κ3) is 3.35. The molecule has 3 aromatic heterocycles. The highest BCUT2D eigenvalue weighted by Crippen LogP contribution is 2.33. The number of rotatable bonds is 4. The number of pyridine rings is 1. The highest BCUT2D eigenvalue weighted by molar-refractivity contribution is 6.33. The smallest absolute Gasteiger partial charge is 0.161 e. The molecule has 9 heteroatoms. The first-order valence-corrected chi connectivity index (χ1v) is 9.56. The van der Waals surface area contributed by atoms with Crippen LogP contribution in [-0.2, 0) is 4.74 Å². The van der Waals surface area contributed by atoms with Crippen molar-refractivity contribution in [3.8, 4) is 5.75 Å². The van der Waals surface area contributed by atoms with Crippen molar-refractivity contribution >= 4 is 39.4 Å². The number of aliphatic hydroxyl groups is 1. The van der Waals surface area contributed by atoms with Gasteiger partial charge in [-0.1, -0.05) is 11.6 Å². The molecule has 0 unspecified atom stereocenters. The number of ether oxygens (including phenoxy) is 2. The summed E-state index contributed by atoms with van der Waals surface area (Å²) in [5, 5.41) is 12.6. The molecule has 1 saturated heterocycles.